The highest BCUT2D eigenvalue weighted by Crippen LogP contribution is 2.25. The molecular formula is C12H17FO3. The Kier molecular flexibility index (Phi) is 4.71. The number of aliphatic hydroxyl groups excluding tert-OH is 1. The maximum Gasteiger partial charge on any atom is 0.170 e. The van der Waals surface area contributed by atoms with E-state index in [0.717, 1.165) is 0 Å². The highest BCUT2D eigenvalue weighted by Gasteiger charge is 2.16. The maximum absolute atomic E-state index is 13.7. The Balaban J connectivity index is 2.78. The van der Waals surface area contributed by atoms with Crippen molar-refractivity contribution in [2.24, 2.45) is 0 Å². The SMILES string of the molecule is COc1cccc(C(O)COC(C)C)c1F. The lowest BCUT2D eigenvalue weighted by Crippen LogP contribution is -2.13. The van der Waals surface area contributed by atoms with Crippen LogP contribution >= 0.6 is 0 Å². The van der Waals surface area contributed by atoms with Gasteiger partial charge in [0, 0.05) is 5.56 Å². The van der Waals surface area contributed by atoms with E-state index in [1.807, 2.05) is 13.8 Å². The average molecular weight is 228 g/mol. The first-order chi connectivity index (χ1) is 7.56. The fourth-order valence-electron chi connectivity index (χ4n) is 1.32. The van der Waals surface area contributed by atoms with E-state index in [-0.39, 0.29) is 24.0 Å². The van der Waals surface area contributed by atoms with E-state index in [2.05, 4.69) is 0 Å². The number of halogens is 1. The van der Waals surface area contributed by atoms with Gasteiger partial charge >= 0.3 is 0 Å². The van der Waals surface area contributed by atoms with Crippen molar-refractivity contribution in [1.29, 1.82) is 0 Å². The van der Waals surface area contributed by atoms with Crippen molar-refractivity contribution in [3.8, 4) is 5.75 Å². The summed E-state index contributed by atoms with van der Waals surface area (Å²) in [6, 6.07) is 4.66. The van der Waals surface area contributed by atoms with Crippen LogP contribution in [0.5, 0.6) is 5.75 Å². The van der Waals surface area contributed by atoms with Crippen molar-refractivity contribution < 1.29 is 19.0 Å². The van der Waals surface area contributed by atoms with Gasteiger partial charge in [0.05, 0.1) is 19.8 Å². The van der Waals surface area contributed by atoms with Crippen LogP contribution in [-0.2, 0) is 4.74 Å². The van der Waals surface area contributed by atoms with Gasteiger partial charge in [-0.05, 0) is 19.9 Å². The second kappa shape index (κ2) is 5.82. The molecule has 0 amide bonds. The molecule has 1 rings (SSSR count). The summed E-state index contributed by atoms with van der Waals surface area (Å²) < 4.78 is 23.8. The van der Waals surface area contributed by atoms with Crippen LogP contribution in [0.1, 0.15) is 25.5 Å². The molecule has 4 heteroatoms. The zero-order valence-electron chi connectivity index (χ0n) is 9.74. The van der Waals surface area contributed by atoms with Gasteiger partial charge in [0.25, 0.3) is 0 Å². The van der Waals surface area contributed by atoms with Crippen LogP contribution in [0.4, 0.5) is 4.39 Å². The summed E-state index contributed by atoms with van der Waals surface area (Å²) >= 11 is 0. The molecule has 1 unspecified atom stereocenters. The van der Waals surface area contributed by atoms with Crippen molar-refractivity contribution in [1.82, 2.24) is 0 Å². The molecule has 0 saturated carbocycles. The van der Waals surface area contributed by atoms with Gasteiger partial charge in [-0.25, -0.2) is 4.39 Å². The topological polar surface area (TPSA) is 38.7 Å². The minimum absolute atomic E-state index is 0.00307. The Morgan fingerprint density at radius 3 is 2.62 bits per heavy atom. The largest absolute Gasteiger partial charge is 0.494 e. The van der Waals surface area contributed by atoms with E-state index in [1.54, 1.807) is 6.07 Å². The minimum atomic E-state index is -0.975. The molecule has 0 saturated heterocycles. The Morgan fingerprint density at radius 2 is 2.06 bits per heavy atom. The molecule has 1 N–H and O–H groups in total. The maximum atomic E-state index is 13.7. The van der Waals surface area contributed by atoms with Crippen molar-refractivity contribution in [2.45, 2.75) is 26.1 Å². The summed E-state index contributed by atoms with van der Waals surface area (Å²) in [5.74, 6) is -0.411. The molecule has 16 heavy (non-hydrogen) atoms. The van der Waals surface area contributed by atoms with Crippen LogP contribution in [0.3, 0.4) is 0 Å². The zero-order valence-corrected chi connectivity index (χ0v) is 9.74. The first-order valence-corrected chi connectivity index (χ1v) is 5.18. The molecule has 0 fully saturated rings. The Labute approximate surface area is 94.8 Å². The quantitative estimate of drug-likeness (QED) is 0.840. The summed E-state index contributed by atoms with van der Waals surface area (Å²) in [5.41, 5.74) is 0.194. The third kappa shape index (κ3) is 3.18. The first kappa shape index (κ1) is 12.9. The summed E-state index contributed by atoms with van der Waals surface area (Å²) in [5, 5.41) is 9.75. The van der Waals surface area contributed by atoms with Crippen molar-refractivity contribution in [3.63, 3.8) is 0 Å². The third-order valence-corrected chi connectivity index (χ3v) is 2.16. The standard InChI is InChI=1S/C12H17FO3/c1-8(2)16-7-10(14)9-5-4-6-11(15-3)12(9)13/h4-6,8,10,14H,7H2,1-3H3. The fourth-order valence-corrected chi connectivity index (χ4v) is 1.32. The molecule has 0 radical (unpaired) electrons. The molecule has 0 spiro atoms. The van der Waals surface area contributed by atoms with Gasteiger partial charge in [-0.2, -0.15) is 0 Å². The van der Waals surface area contributed by atoms with Gasteiger partial charge in [0.1, 0.15) is 6.10 Å². The van der Waals surface area contributed by atoms with E-state index < -0.39 is 11.9 Å². The van der Waals surface area contributed by atoms with Crippen molar-refractivity contribution >= 4 is 0 Å². The zero-order chi connectivity index (χ0) is 12.1. The second-order valence-electron chi connectivity index (χ2n) is 3.76. The molecule has 0 bridgehead atoms. The average Bonchev–Trinajstić information content (AvgIpc) is 2.26. The van der Waals surface area contributed by atoms with Crippen LogP contribution in [0, 0.1) is 5.82 Å². The highest BCUT2D eigenvalue weighted by atomic mass is 19.1. The Morgan fingerprint density at radius 1 is 1.38 bits per heavy atom. The summed E-state index contributed by atoms with van der Waals surface area (Å²) in [6.45, 7) is 3.78. The number of aliphatic hydroxyl groups is 1. The van der Waals surface area contributed by atoms with Crippen molar-refractivity contribution in [3.05, 3.63) is 29.6 Å². The summed E-state index contributed by atoms with van der Waals surface area (Å²) in [7, 11) is 1.39. The number of benzene rings is 1. The molecule has 0 aromatic heterocycles. The predicted octanol–water partition coefficient (Wildman–Crippen LogP) is 2.29. The first-order valence-electron chi connectivity index (χ1n) is 5.18. The van der Waals surface area contributed by atoms with Crippen LogP contribution in [0.15, 0.2) is 18.2 Å². The molecule has 0 aliphatic carbocycles. The molecule has 0 aliphatic rings. The van der Waals surface area contributed by atoms with Crippen LogP contribution < -0.4 is 4.74 Å². The monoisotopic (exact) mass is 228 g/mol. The lowest BCUT2D eigenvalue weighted by atomic mass is 10.1. The number of rotatable bonds is 5. The molecule has 90 valence electrons. The van der Waals surface area contributed by atoms with E-state index >= 15 is 0 Å². The van der Waals surface area contributed by atoms with Crippen LogP contribution in [0.2, 0.25) is 0 Å². The van der Waals surface area contributed by atoms with E-state index in [9.17, 15) is 9.50 Å². The number of hydrogen-bond acceptors (Lipinski definition) is 3. The number of methoxy groups -OCH3 is 1. The summed E-state index contributed by atoms with van der Waals surface area (Å²) in [6.07, 6.45) is -0.971. The molecular weight excluding hydrogens is 211 g/mol. The lowest BCUT2D eigenvalue weighted by Gasteiger charge is -2.15. The molecule has 0 heterocycles. The summed E-state index contributed by atoms with van der Waals surface area (Å²) in [4.78, 5) is 0. The van der Waals surface area contributed by atoms with Gasteiger partial charge < -0.3 is 14.6 Å². The highest BCUT2D eigenvalue weighted by molar-refractivity contribution is 5.32. The van der Waals surface area contributed by atoms with Gasteiger partial charge in [-0.1, -0.05) is 12.1 Å². The molecule has 1 aromatic rings. The lowest BCUT2D eigenvalue weighted by molar-refractivity contribution is 0.00346. The number of hydrogen-bond donors (Lipinski definition) is 1. The van der Waals surface area contributed by atoms with Crippen molar-refractivity contribution in [2.75, 3.05) is 13.7 Å². The van der Waals surface area contributed by atoms with E-state index in [1.165, 1.54) is 19.2 Å². The smallest absolute Gasteiger partial charge is 0.170 e. The number of ether oxygens (including phenoxy) is 2. The fraction of sp³-hybridized carbons (Fsp3) is 0.500. The second-order valence-corrected chi connectivity index (χ2v) is 3.76. The molecule has 3 nitrogen and oxygen atoms in total. The minimum Gasteiger partial charge on any atom is -0.494 e. The Bertz CT molecular complexity index is 339. The van der Waals surface area contributed by atoms with E-state index in [0.29, 0.717) is 0 Å². The van der Waals surface area contributed by atoms with Gasteiger partial charge in [-0.3, -0.25) is 0 Å². The predicted molar refractivity (Wildman–Crippen MR) is 59.0 cm³/mol. The molecule has 1 atom stereocenters. The van der Waals surface area contributed by atoms with E-state index in [4.69, 9.17) is 9.47 Å². The van der Waals surface area contributed by atoms with Gasteiger partial charge in [0.15, 0.2) is 11.6 Å². The molecule has 0 aliphatic heterocycles. The third-order valence-electron chi connectivity index (χ3n) is 2.16. The molecule has 1 aromatic carbocycles. The normalized spacial score (nSPS) is 12.9. The van der Waals surface area contributed by atoms with Gasteiger partial charge in [0.2, 0.25) is 0 Å². The van der Waals surface area contributed by atoms with Gasteiger partial charge in [-0.15, -0.1) is 0 Å². The van der Waals surface area contributed by atoms with Crippen LogP contribution in [-0.4, -0.2) is 24.9 Å². The Hall–Kier alpha value is -1.13. The van der Waals surface area contributed by atoms with Crippen LogP contribution in [0.25, 0.3) is 0 Å².